The van der Waals surface area contributed by atoms with E-state index in [0.717, 1.165) is 12.8 Å². The largest absolute Gasteiger partial charge is 0.329 e. The lowest BCUT2D eigenvalue weighted by Crippen LogP contribution is -2.47. The van der Waals surface area contributed by atoms with Crippen LogP contribution in [0.15, 0.2) is 0 Å². The molecule has 1 aliphatic carbocycles. The second-order valence-electron chi connectivity index (χ2n) is 3.72. The van der Waals surface area contributed by atoms with Crippen molar-refractivity contribution in [2.45, 2.75) is 25.8 Å². The molecule has 1 fully saturated rings. The van der Waals surface area contributed by atoms with Crippen LogP contribution in [-0.2, 0) is 10.2 Å². The Bertz CT molecular complexity index is 274. The van der Waals surface area contributed by atoms with Gasteiger partial charge < -0.3 is 5.73 Å². The first-order valence-corrected chi connectivity index (χ1v) is 6.39. The van der Waals surface area contributed by atoms with Crippen LogP contribution in [0.2, 0.25) is 0 Å². The molecule has 0 unspecified atom stereocenters. The average Bonchev–Trinajstić information content (AvgIpc) is 2.96. The third-order valence-corrected chi connectivity index (χ3v) is 4.28. The lowest BCUT2D eigenvalue weighted by atomic mass is 10.2. The SMILES string of the molecule is CCN(C)S(=O)(=O)N[C@@H](CN)C1CC1. The molecule has 6 heteroatoms. The van der Waals surface area contributed by atoms with E-state index in [1.165, 1.54) is 4.31 Å². The maximum absolute atomic E-state index is 11.6. The summed E-state index contributed by atoms with van der Waals surface area (Å²) in [5, 5.41) is 0. The van der Waals surface area contributed by atoms with E-state index in [-0.39, 0.29) is 6.04 Å². The van der Waals surface area contributed by atoms with Gasteiger partial charge in [-0.1, -0.05) is 6.92 Å². The molecule has 14 heavy (non-hydrogen) atoms. The topological polar surface area (TPSA) is 75.4 Å². The Hall–Kier alpha value is -0.170. The standard InChI is InChI=1S/C8H19N3O2S/c1-3-11(2)14(12,13)10-8(6-9)7-4-5-7/h7-8,10H,3-6,9H2,1-2H3/t8-/m0/s1. The highest BCUT2D eigenvalue weighted by Crippen LogP contribution is 2.32. The Morgan fingerprint density at radius 3 is 2.50 bits per heavy atom. The zero-order valence-electron chi connectivity index (χ0n) is 8.73. The van der Waals surface area contributed by atoms with Gasteiger partial charge >= 0.3 is 0 Å². The van der Waals surface area contributed by atoms with E-state index in [9.17, 15) is 8.42 Å². The summed E-state index contributed by atoms with van der Waals surface area (Å²) >= 11 is 0. The van der Waals surface area contributed by atoms with Crippen molar-refractivity contribution in [2.75, 3.05) is 20.1 Å². The van der Waals surface area contributed by atoms with Gasteiger partial charge in [0.1, 0.15) is 0 Å². The highest BCUT2D eigenvalue weighted by molar-refractivity contribution is 7.87. The molecule has 1 atom stereocenters. The normalized spacial score (nSPS) is 20.0. The van der Waals surface area contributed by atoms with Gasteiger partial charge in [0.15, 0.2) is 0 Å². The van der Waals surface area contributed by atoms with E-state index in [1.54, 1.807) is 14.0 Å². The lowest BCUT2D eigenvalue weighted by Gasteiger charge is -2.21. The Morgan fingerprint density at radius 2 is 2.14 bits per heavy atom. The van der Waals surface area contributed by atoms with Gasteiger partial charge in [-0.05, 0) is 18.8 Å². The van der Waals surface area contributed by atoms with E-state index < -0.39 is 10.2 Å². The van der Waals surface area contributed by atoms with E-state index >= 15 is 0 Å². The third kappa shape index (κ3) is 2.91. The van der Waals surface area contributed by atoms with Crippen LogP contribution < -0.4 is 10.5 Å². The maximum atomic E-state index is 11.6. The molecule has 1 aliphatic rings. The zero-order chi connectivity index (χ0) is 10.8. The van der Waals surface area contributed by atoms with Crippen LogP contribution in [0.25, 0.3) is 0 Å². The average molecular weight is 221 g/mol. The van der Waals surface area contributed by atoms with Gasteiger partial charge in [0, 0.05) is 26.2 Å². The van der Waals surface area contributed by atoms with Crippen molar-refractivity contribution < 1.29 is 8.42 Å². The minimum Gasteiger partial charge on any atom is -0.329 e. The summed E-state index contributed by atoms with van der Waals surface area (Å²) in [6, 6.07) is -0.0889. The van der Waals surface area contributed by atoms with Crippen LogP contribution in [-0.4, -0.2) is 38.9 Å². The van der Waals surface area contributed by atoms with Gasteiger partial charge in [0.05, 0.1) is 0 Å². The summed E-state index contributed by atoms with van der Waals surface area (Å²) in [6.45, 7) is 2.65. The zero-order valence-corrected chi connectivity index (χ0v) is 9.55. The predicted octanol–water partition coefficient (Wildman–Crippen LogP) is -0.490. The molecular weight excluding hydrogens is 202 g/mol. The second kappa shape index (κ2) is 4.57. The number of rotatable bonds is 6. The molecule has 0 radical (unpaired) electrons. The molecule has 0 heterocycles. The fourth-order valence-corrected chi connectivity index (χ4v) is 2.48. The van der Waals surface area contributed by atoms with Gasteiger partial charge in [-0.15, -0.1) is 0 Å². The van der Waals surface area contributed by atoms with Crippen LogP contribution in [0.1, 0.15) is 19.8 Å². The molecule has 0 spiro atoms. The summed E-state index contributed by atoms with van der Waals surface area (Å²) in [5.74, 6) is 0.444. The van der Waals surface area contributed by atoms with E-state index in [4.69, 9.17) is 5.73 Å². The number of nitrogens with zero attached hydrogens (tertiary/aromatic N) is 1. The van der Waals surface area contributed by atoms with E-state index in [1.807, 2.05) is 0 Å². The highest BCUT2D eigenvalue weighted by Gasteiger charge is 2.33. The molecule has 84 valence electrons. The summed E-state index contributed by atoms with van der Waals surface area (Å²) in [4.78, 5) is 0. The Morgan fingerprint density at radius 1 is 1.57 bits per heavy atom. The summed E-state index contributed by atoms with van der Waals surface area (Å²) in [7, 11) is -1.77. The van der Waals surface area contributed by atoms with Gasteiger partial charge in [0.25, 0.3) is 10.2 Å². The maximum Gasteiger partial charge on any atom is 0.279 e. The molecule has 0 bridgehead atoms. The molecule has 0 amide bonds. The Balaban J connectivity index is 2.55. The monoisotopic (exact) mass is 221 g/mol. The highest BCUT2D eigenvalue weighted by atomic mass is 32.2. The first-order valence-electron chi connectivity index (χ1n) is 4.95. The molecule has 0 aromatic carbocycles. The van der Waals surface area contributed by atoms with Gasteiger partial charge in [-0.25, -0.2) is 0 Å². The minimum absolute atomic E-state index is 0.0889. The van der Waals surface area contributed by atoms with Crippen molar-refractivity contribution in [1.82, 2.24) is 9.03 Å². The van der Waals surface area contributed by atoms with Crippen molar-refractivity contribution in [3.63, 3.8) is 0 Å². The molecule has 0 aliphatic heterocycles. The fraction of sp³-hybridized carbons (Fsp3) is 1.00. The number of hydrogen-bond acceptors (Lipinski definition) is 3. The van der Waals surface area contributed by atoms with Gasteiger partial charge in [-0.3, -0.25) is 0 Å². The summed E-state index contributed by atoms with van der Waals surface area (Å²) in [5.41, 5.74) is 5.52. The second-order valence-corrected chi connectivity index (χ2v) is 5.53. The van der Waals surface area contributed by atoms with E-state index in [0.29, 0.717) is 19.0 Å². The molecule has 5 nitrogen and oxygen atoms in total. The van der Waals surface area contributed by atoms with Crippen LogP contribution in [0.5, 0.6) is 0 Å². The lowest BCUT2D eigenvalue weighted by molar-refractivity contribution is 0.448. The number of nitrogens with two attached hydrogens (primary N) is 1. The van der Waals surface area contributed by atoms with Crippen molar-refractivity contribution in [1.29, 1.82) is 0 Å². The predicted molar refractivity (Wildman–Crippen MR) is 55.9 cm³/mol. The van der Waals surface area contributed by atoms with Crippen LogP contribution >= 0.6 is 0 Å². The first-order chi connectivity index (χ1) is 6.51. The first kappa shape index (κ1) is 11.9. The molecule has 0 saturated heterocycles. The quantitative estimate of drug-likeness (QED) is 0.635. The van der Waals surface area contributed by atoms with E-state index in [2.05, 4.69) is 4.72 Å². The summed E-state index contributed by atoms with van der Waals surface area (Å²) in [6.07, 6.45) is 2.17. The van der Waals surface area contributed by atoms with Crippen LogP contribution in [0.3, 0.4) is 0 Å². The molecular formula is C8H19N3O2S. The van der Waals surface area contributed by atoms with Crippen molar-refractivity contribution >= 4 is 10.2 Å². The Labute approximate surface area is 85.8 Å². The molecule has 0 aromatic rings. The fourth-order valence-electron chi connectivity index (χ4n) is 1.29. The molecule has 0 aromatic heterocycles. The molecule has 1 rings (SSSR count). The van der Waals surface area contributed by atoms with Crippen molar-refractivity contribution in [3.8, 4) is 0 Å². The smallest absolute Gasteiger partial charge is 0.279 e. The number of hydrogen-bond donors (Lipinski definition) is 2. The Kier molecular flexibility index (Phi) is 3.88. The third-order valence-electron chi connectivity index (χ3n) is 2.60. The van der Waals surface area contributed by atoms with Gasteiger partial charge in [0.2, 0.25) is 0 Å². The summed E-state index contributed by atoms with van der Waals surface area (Å²) < 4.78 is 27.2. The van der Waals surface area contributed by atoms with Crippen molar-refractivity contribution in [3.05, 3.63) is 0 Å². The molecule has 1 saturated carbocycles. The van der Waals surface area contributed by atoms with Gasteiger partial charge in [-0.2, -0.15) is 17.4 Å². The van der Waals surface area contributed by atoms with Crippen LogP contribution in [0, 0.1) is 5.92 Å². The molecule has 3 N–H and O–H groups in total. The van der Waals surface area contributed by atoms with Crippen LogP contribution in [0.4, 0.5) is 0 Å². The minimum atomic E-state index is -3.32. The van der Waals surface area contributed by atoms with Crippen molar-refractivity contribution in [2.24, 2.45) is 11.7 Å². The number of nitrogens with one attached hydrogen (secondary N) is 1.